The number of carboxylic acids is 1. The monoisotopic (exact) mass is 419 g/mol. The summed E-state index contributed by atoms with van der Waals surface area (Å²) in [7, 11) is -3.60. The van der Waals surface area contributed by atoms with Crippen LogP contribution in [-0.2, 0) is 14.8 Å². The van der Waals surface area contributed by atoms with Crippen molar-refractivity contribution in [1.82, 2.24) is 4.72 Å². The molecule has 1 aromatic rings. The van der Waals surface area contributed by atoms with Crippen molar-refractivity contribution in [2.75, 3.05) is 6.54 Å². The smallest absolute Gasteiger partial charge is 0.306 e. The van der Waals surface area contributed by atoms with Gasteiger partial charge in [0.2, 0.25) is 10.0 Å². The molecule has 0 amide bonds. The van der Waals surface area contributed by atoms with E-state index in [0.717, 1.165) is 0 Å². The van der Waals surface area contributed by atoms with Gasteiger partial charge in [-0.2, -0.15) is 0 Å². The van der Waals surface area contributed by atoms with Crippen molar-refractivity contribution in [3.05, 3.63) is 13.6 Å². The SMILES string of the molecule is CC(CCNS(=O)(=O)c1cc(Br)sc1Br)C(=O)O. The van der Waals surface area contributed by atoms with Gasteiger partial charge in [0.25, 0.3) is 0 Å². The minimum Gasteiger partial charge on any atom is -0.481 e. The second kappa shape index (κ2) is 6.47. The normalized spacial score (nSPS) is 13.5. The summed E-state index contributed by atoms with van der Waals surface area (Å²) in [5.74, 6) is -1.51. The van der Waals surface area contributed by atoms with Gasteiger partial charge in [0.15, 0.2) is 0 Å². The topological polar surface area (TPSA) is 83.5 Å². The minimum atomic E-state index is -3.60. The van der Waals surface area contributed by atoms with E-state index in [4.69, 9.17) is 5.11 Å². The average Bonchev–Trinajstić information content (AvgIpc) is 2.58. The molecular weight excluding hydrogens is 410 g/mol. The molecule has 18 heavy (non-hydrogen) atoms. The molecule has 1 rings (SSSR count). The summed E-state index contributed by atoms with van der Waals surface area (Å²) in [6, 6.07) is 1.50. The Kier molecular flexibility index (Phi) is 5.78. The highest BCUT2D eigenvalue weighted by molar-refractivity contribution is 9.12. The Labute approximate surface area is 126 Å². The zero-order valence-electron chi connectivity index (χ0n) is 9.31. The maximum absolute atomic E-state index is 11.9. The highest BCUT2D eigenvalue weighted by atomic mass is 79.9. The van der Waals surface area contributed by atoms with Crippen molar-refractivity contribution in [1.29, 1.82) is 0 Å². The Bertz CT molecular complexity index is 541. The number of rotatable bonds is 6. The number of carboxylic acid groups (broad SMARTS) is 1. The third-order valence-electron chi connectivity index (χ3n) is 2.21. The second-order valence-electron chi connectivity index (χ2n) is 3.61. The summed E-state index contributed by atoms with van der Waals surface area (Å²) >= 11 is 7.64. The van der Waals surface area contributed by atoms with Crippen LogP contribution in [0.1, 0.15) is 13.3 Å². The summed E-state index contributed by atoms with van der Waals surface area (Å²) in [6.45, 7) is 1.63. The van der Waals surface area contributed by atoms with E-state index in [1.54, 1.807) is 0 Å². The molecule has 0 spiro atoms. The van der Waals surface area contributed by atoms with E-state index in [1.165, 1.54) is 24.3 Å². The van der Waals surface area contributed by atoms with Crippen LogP contribution in [0.3, 0.4) is 0 Å². The Hall–Kier alpha value is 0.0400. The Morgan fingerprint density at radius 3 is 2.61 bits per heavy atom. The predicted molar refractivity (Wildman–Crippen MR) is 76.3 cm³/mol. The zero-order chi connectivity index (χ0) is 13.9. The van der Waals surface area contributed by atoms with Gasteiger partial charge >= 0.3 is 5.97 Å². The van der Waals surface area contributed by atoms with Crippen molar-refractivity contribution in [3.63, 3.8) is 0 Å². The zero-order valence-corrected chi connectivity index (χ0v) is 14.1. The van der Waals surface area contributed by atoms with Crippen molar-refractivity contribution >= 4 is 59.2 Å². The van der Waals surface area contributed by atoms with E-state index in [-0.39, 0.29) is 17.9 Å². The molecule has 1 heterocycles. The first-order chi connectivity index (χ1) is 8.24. The number of aliphatic carboxylic acids is 1. The first-order valence-corrected chi connectivity index (χ1v) is 8.80. The first-order valence-electron chi connectivity index (χ1n) is 4.91. The fraction of sp³-hybridized carbons (Fsp3) is 0.444. The van der Waals surface area contributed by atoms with Crippen molar-refractivity contribution in [3.8, 4) is 0 Å². The molecule has 0 saturated heterocycles. The van der Waals surface area contributed by atoms with Crippen molar-refractivity contribution in [2.24, 2.45) is 5.92 Å². The molecular formula is C9H11Br2NO4S2. The number of halogens is 2. The Morgan fingerprint density at radius 1 is 1.56 bits per heavy atom. The van der Waals surface area contributed by atoms with E-state index in [2.05, 4.69) is 36.6 Å². The molecule has 0 fully saturated rings. The van der Waals surface area contributed by atoms with Gasteiger partial charge in [-0.1, -0.05) is 6.92 Å². The van der Waals surface area contributed by atoms with Crippen LogP contribution in [0.5, 0.6) is 0 Å². The molecule has 0 aliphatic rings. The molecule has 5 nitrogen and oxygen atoms in total. The third-order valence-corrected chi connectivity index (χ3v) is 6.42. The van der Waals surface area contributed by atoms with E-state index in [1.807, 2.05) is 0 Å². The summed E-state index contributed by atoms with van der Waals surface area (Å²) < 4.78 is 27.4. The van der Waals surface area contributed by atoms with Gasteiger partial charge in [-0.05, 0) is 44.3 Å². The largest absolute Gasteiger partial charge is 0.481 e. The first kappa shape index (κ1) is 16.1. The van der Waals surface area contributed by atoms with Gasteiger partial charge in [-0.3, -0.25) is 4.79 Å². The third kappa shape index (κ3) is 4.30. The van der Waals surface area contributed by atoms with Crippen LogP contribution in [-0.4, -0.2) is 26.0 Å². The number of carbonyl (C=O) groups is 1. The molecule has 0 saturated carbocycles. The van der Waals surface area contributed by atoms with Crippen LogP contribution < -0.4 is 4.72 Å². The quantitative estimate of drug-likeness (QED) is 0.740. The van der Waals surface area contributed by atoms with Crippen LogP contribution >= 0.6 is 43.2 Å². The summed E-state index contributed by atoms with van der Waals surface area (Å²) in [6.07, 6.45) is 0.248. The van der Waals surface area contributed by atoms with E-state index in [0.29, 0.717) is 7.57 Å². The van der Waals surface area contributed by atoms with Crippen LogP contribution in [0.25, 0.3) is 0 Å². The van der Waals surface area contributed by atoms with Crippen molar-refractivity contribution in [2.45, 2.75) is 18.2 Å². The highest BCUT2D eigenvalue weighted by Gasteiger charge is 2.20. The minimum absolute atomic E-state index is 0.0930. The lowest BCUT2D eigenvalue weighted by atomic mass is 10.1. The van der Waals surface area contributed by atoms with Crippen LogP contribution in [0.2, 0.25) is 0 Å². The molecule has 0 bridgehead atoms. The predicted octanol–water partition coefficient (Wildman–Crippen LogP) is 2.66. The number of sulfonamides is 1. The van der Waals surface area contributed by atoms with Crippen LogP contribution in [0.15, 0.2) is 18.5 Å². The maximum atomic E-state index is 11.9. The fourth-order valence-corrected chi connectivity index (χ4v) is 5.98. The molecule has 0 radical (unpaired) electrons. The maximum Gasteiger partial charge on any atom is 0.306 e. The molecule has 102 valence electrons. The van der Waals surface area contributed by atoms with Gasteiger partial charge < -0.3 is 5.11 Å². The number of thiophene rings is 1. The average molecular weight is 421 g/mol. The van der Waals surface area contributed by atoms with Gasteiger partial charge in [0.1, 0.15) is 4.90 Å². The lowest BCUT2D eigenvalue weighted by Crippen LogP contribution is -2.27. The van der Waals surface area contributed by atoms with Crippen LogP contribution in [0, 0.1) is 5.92 Å². The number of hydrogen-bond donors (Lipinski definition) is 2. The van der Waals surface area contributed by atoms with Gasteiger partial charge in [0, 0.05) is 6.54 Å². The van der Waals surface area contributed by atoms with Gasteiger partial charge in [0.05, 0.1) is 13.5 Å². The van der Waals surface area contributed by atoms with E-state index >= 15 is 0 Å². The molecule has 1 aromatic heterocycles. The summed E-state index contributed by atoms with van der Waals surface area (Å²) in [4.78, 5) is 10.7. The second-order valence-corrected chi connectivity index (χ2v) is 9.10. The van der Waals surface area contributed by atoms with E-state index in [9.17, 15) is 13.2 Å². The molecule has 0 aromatic carbocycles. The molecule has 0 aliphatic heterocycles. The molecule has 2 N–H and O–H groups in total. The lowest BCUT2D eigenvalue weighted by Gasteiger charge is -2.08. The summed E-state index contributed by atoms with van der Waals surface area (Å²) in [5.41, 5.74) is 0. The van der Waals surface area contributed by atoms with Crippen LogP contribution in [0.4, 0.5) is 0 Å². The Balaban J connectivity index is 2.66. The van der Waals surface area contributed by atoms with Gasteiger partial charge in [-0.25, -0.2) is 13.1 Å². The molecule has 9 heteroatoms. The summed E-state index contributed by atoms with van der Waals surface area (Å²) in [5, 5.41) is 8.69. The standard InChI is InChI=1S/C9H11Br2NO4S2/c1-5(9(13)14)2-3-12-18(15,16)6-4-7(10)17-8(6)11/h4-5,12H,2-3H2,1H3,(H,13,14). The molecule has 0 aliphatic carbocycles. The molecule has 1 unspecified atom stereocenters. The molecule has 1 atom stereocenters. The lowest BCUT2D eigenvalue weighted by molar-refractivity contribution is -0.141. The van der Waals surface area contributed by atoms with Gasteiger partial charge in [-0.15, -0.1) is 11.3 Å². The van der Waals surface area contributed by atoms with Crippen molar-refractivity contribution < 1.29 is 18.3 Å². The number of hydrogen-bond acceptors (Lipinski definition) is 4. The Morgan fingerprint density at radius 2 is 2.17 bits per heavy atom. The fourth-order valence-electron chi connectivity index (χ4n) is 1.12. The highest BCUT2D eigenvalue weighted by Crippen LogP contribution is 2.34. The van der Waals surface area contributed by atoms with E-state index < -0.39 is 21.9 Å². The number of nitrogens with one attached hydrogen (secondary N) is 1.